The van der Waals surface area contributed by atoms with E-state index < -0.39 is 5.97 Å². The summed E-state index contributed by atoms with van der Waals surface area (Å²) in [6.45, 7) is 2.09. The Balaban J connectivity index is 2.72. The van der Waals surface area contributed by atoms with Crippen molar-refractivity contribution in [3.63, 3.8) is 0 Å². The zero-order chi connectivity index (χ0) is 11.3. The fourth-order valence-electron chi connectivity index (χ4n) is 1.14. The van der Waals surface area contributed by atoms with E-state index in [1.165, 1.54) is 6.08 Å². The largest absolute Gasteiger partial charge is 0.478 e. The molecule has 0 aromatic carbocycles. The first-order chi connectivity index (χ1) is 7.13. The number of nitrogens with zero attached hydrogens (tertiary/aromatic N) is 1. The SMILES string of the molecule is CCCCc1nc(/C=C/C(=O)O)c(Cl)[nH]1. The van der Waals surface area contributed by atoms with Crippen molar-refractivity contribution in [1.82, 2.24) is 9.97 Å². The van der Waals surface area contributed by atoms with Gasteiger partial charge in [0.2, 0.25) is 0 Å². The smallest absolute Gasteiger partial charge is 0.328 e. The molecule has 0 atom stereocenters. The highest BCUT2D eigenvalue weighted by atomic mass is 35.5. The zero-order valence-corrected chi connectivity index (χ0v) is 9.21. The van der Waals surface area contributed by atoms with Gasteiger partial charge in [0.15, 0.2) is 0 Å². The number of hydrogen-bond donors (Lipinski definition) is 2. The Bertz CT molecular complexity index is 371. The number of imidazole rings is 1. The van der Waals surface area contributed by atoms with E-state index in [-0.39, 0.29) is 0 Å². The first kappa shape index (κ1) is 11.8. The number of aryl methyl sites for hydroxylation is 1. The minimum atomic E-state index is -1.01. The summed E-state index contributed by atoms with van der Waals surface area (Å²) in [6, 6.07) is 0. The van der Waals surface area contributed by atoms with Crippen molar-refractivity contribution in [2.24, 2.45) is 0 Å². The number of unbranched alkanes of at least 4 members (excludes halogenated alkanes) is 1. The second kappa shape index (κ2) is 5.56. The van der Waals surface area contributed by atoms with Crippen molar-refractivity contribution in [2.75, 3.05) is 0 Å². The Kier molecular flexibility index (Phi) is 4.37. The van der Waals surface area contributed by atoms with Crippen molar-refractivity contribution in [1.29, 1.82) is 0 Å². The van der Waals surface area contributed by atoms with E-state index in [0.717, 1.165) is 31.2 Å². The predicted octanol–water partition coefficient (Wildman–Crippen LogP) is 2.50. The van der Waals surface area contributed by atoms with Gasteiger partial charge in [0.05, 0.1) is 0 Å². The third-order valence-corrected chi connectivity index (χ3v) is 2.17. The molecule has 0 fully saturated rings. The average Bonchev–Trinajstić information content (AvgIpc) is 2.53. The van der Waals surface area contributed by atoms with Gasteiger partial charge in [0.25, 0.3) is 0 Å². The van der Waals surface area contributed by atoms with Gasteiger partial charge < -0.3 is 10.1 Å². The van der Waals surface area contributed by atoms with Gasteiger partial charge in [-0.3, -0.25) is 0 Å². The van der Waals surface area contributed by atoms with Gasteiger partial charge in [0, 0.05) is 12.5 Å². The third-order valence-electron chi connectivity index (χ3n) is 1.89. The highest BCUT2D eigenvalue weighted by Gasteiger charge is 2.05. The van der Waals surface area contributed by atoms with Crippen molar-refractivity contribution in [3.8, 4) is 0 Å². The second-order valence-corrected chi connectivity index (χ2v) is 3.54. The van der Waals surface area contributed by atoms with Crippen LogP contribution in [-0.2, 0) is 11.2 Å². The molecule has 1 heterocycles. The number of hydrogen-bond acceptors (Lipinski definition) is 2. The van der Waals surface area contributed by atoms with Crippen LogP contribution < -0.4 is 0 Å². The fourth-order valence-corrected chi connectivity index (χ4v) is 1.35. The molecular weight excluding hydrogens is 216 g/mol. The number of nitrogens with one attached hydrogen (secondary N) is 1. The predicted molar refractivity (Wildman–Crippen MR) is 58.9 cm³/mol. The molecule has 0 aliphatic carbocycles. The quantitative estimate of drug-likeness (QED) is 0.761. The molecule has 82 valence electrons. The molecule has 0 aliphatic heterocycles. The topological polar surface area (TPSA) is 66.0 Å². The van der Waals surface area contributed by atoms with Gasteiger partial charge in [-0.2, -0.15) is 0 Å². The summed E-state index contributed by atoms with van der Waals surface area (Å²) in [6.07, 6.45) is 5.35. The highest BCUT2D eigenvalue weighted by Crippen LogP contribution is 2.15. The summed E-state index contributed by atoms with van der Waals surface area (Å²) in [5.41, 5.74) is 0.477. The molecule has 0 amide bonds. The summed E-state index contributed by atoms with van der Waals surface area (Å²) in [7, 11) is 0. The maximum absolute atomic E-state index is 10.3. The van der Waals surface area contributed by atoms with E-state index >= 15 is 0 Å². The summed E-state index contributed by atoms with van der Waals surface area (Å²) in [5.74, 6) is -0.212. The Morgan fingerprint density at radius 1 is 1.67 bits per heavy atom. The van der Waals surface area contributed by atoms with Crippen LogP contribution in [0.2, 0.25) is 5.15 Å². The van der Waals surface area contributed by atoms with Crippen LogP contribution in [0, 0.1) is 0 Å². The van der Waals surface area contributed by atoms with Crippen LogP contribution >= 0.6 is 11.6 Å². The summed E-state index contributed by atoms with van der Waals surface area (Å²) >= 11 is 5.85. The van der Waals surface area contributed by atoms with Gasteiger partial charge in [-0.15, -0.1) is 0 Å². The number of H-pyrrole nitrogens is 1. The van der Waals surface area contributed by atoms with Crippen molar-refractivity contribution >= 4 is 23.6 Å². The van der Waals surface area contributed by atoms with Crippen LogP contribution in [-0.4, -0.2) is 21.0 Å². The molecule has 0 unspecified atom stereocenters. The number of aliphatic carboxylic acids is 1. The maximum atomic E-state index is 10.3. The number of carboxylic acids is 1. The molecule has 1 aromatic heterocycles. The van der Waals surface area contributed by atoms with E-state index in [2.05, 4.69) is 16.9 Å². The van der Waals surface area contributed by atoms with Crippen LogP contribution in [0.5, 0.6) is 0 Å². The highest BCUT2D eigenvalue weighted by molar-refractivity contribution is 6.30. The van der Waals surface area contributed by atoms with Gasteiger partial charge >= 0.3 is 5.97 Å². The number of halogens is 1. The number of carboxylic acid groups (broad SMARTS) is 1. The lowest BCUT2D eigenvalue weighted by Gasteiger charge is -1.90. The lowest BCUT2D eigenvalue weighted by Crippen LogP contribution is -1.88. The van der Waals surface area contributed by atoms with E-state index in [1.54, 1.807) is 0 Å². The minimum Gasteiger partial charge on any atom is -0.478 e. The van der Waals surface area contributed by atoms with E-state index in [4.69, 9.17) is 16.7 Å². The van der Waals surface area contributed by atoms with Gasteiger partial charge in [-0.05, 0) is 12.5 Å². The second-order valence-electron chi connectivity index (χ2n) is 3.16. The number of rotatable bonds is 5. The summed E-state index contributed by atoms with van der Waals surface area (Å²) in [4.78, 5) is 17.4. The molecule has 1 aromatic rings. The van der Waals surface area contributed by atoms with Crippen molar-refractivity contribution in [3.05, 3.63) is 22.7 Å². The van der Waals surface area contributed by atoms with Gasteiger partial charge in [-0.1, -0.05) is 24.9 Å². The molecule has 2 N–H and O–H groups in total. The van der Waals surface area contributed by atoms with Crippen LogP contribution in [0.3, 0.4) is 0 Å². The Hall–Kier alpha value is -1.29. The third kappa shape index (κ3) is 3.75. The number of aromatic nitrogens is 2. The molecular formula is C10H13ClN2O2. The average molecular weight is 229 g/mol. The first-order valence-electron chi connectivity index (χ1n) is 4.79. The van der Waals surface area contributed by atoms with Crippen LogP contribution in [0.15, 0.2) is 6.08 Å². The van der Waals surface area contributed by atoms with E-state index in [0.29, 0.717) is 10.8 Å². The Labute approximate surface area is 93.0 Å². The van der Waals surface area contributed by atoms with Crippen molar-refractivity contribution < 1.29 is 9.90 Å². The molecule has 0 bridgehead atoms. The molecule has 4 nitrogen and oxygen atoms in total. The summed E-state index contributed by atoms with van der Waals surface area (Å²) in [5, 5.41) is 8.83. The lowest BCUT2D eigenvalue weighted by molar-refractivity contribution is -0.131. The van der Waals surface area contributed by atoms with Crippen LogP contribution in [0.1, 0.15) is 31.3 Å². The van der Waals surface area contributed by atoms with E-state index in [1.807, 2.05) is 0 Å². The number of aromatic amines is 1. The Morgan fingerprint density at radius 2 is 2.40 bits per heavy atom. The van der Waals surface area contributed by atoms with Crippen molar-refractivity contribution in [2.45, 2.75) is 26.2 Å². The Morgan fingerprint density at radius 3 is 3.00 bits per heavy atom. The van der Waals surface area contributed by atoms with Gasteiger partial charge in [0.1, 0.15) is 16.7 Å². The monoisotopic (exact) mass is 228 g/mol. The molecule has 1 rings (SSSR count). The molecule has 0 saturated carbocycles. The standard InChI is InChI=1S/C10H13ClN2O2/c1-2-3-4-8-12-7(10(11)13-8)5-6-9(14)15/h5-6H,2-4H2,1H3,(H,12,13)(H,14,15)/b6-5+. The van der Waals surface area contributed by atoms with Crippen LogP contribution in [0.4, 0.5) is 0 Å². The van der Waals surface area contributed by atoms with E-state index in [9.17, 15) is 4.79 Å². The minimum absolute atomic E-state index is 0.388. The van der Waals surface area contributed by atoms with Crippen LogP contribution in [0.25, 0.3) is 6.08 Å². The zero-order valence-electron chi connectivity index (χ0n) is 8.46. The number of carbonyl (C=O) groups is 1. The maximum Gasteiger partial charge on any atom is 0.328 e. The normalized spacial score (nSPS) is 11.1. The molecule has 0 saturated heterocycles. The lowest BCUT2D eigenvalue weighted by atomic mass is 10.2. The fraction of sp³-hybridized carbons (Fsp3) is 0.400. The molecule has 5 heteroatoms. The first-order valence-corrected chi connectivity index (χ1v) is 5.16. The molecule has 15 heavy (non-hydrogen) atoms. The summed E-state index contributed by atoms with van der Waals surface area (Å²) < 4.78 is 0. The van der Waals surface area contributed by atoms with Gasteiger partial charge in [-0.25, -0.2) is 9.78 Å². The molecule has 0 spiro atoms. The molecule has 0 radical (unpaired) electrons. The molecule has 0 aliphatic rings.